The highest BCUT2D eigenvalue weighted by Crippen LogP contribution is 2.25. The Balaban J connectivity index is 1.76. The van der Waals surface area contributed by atoms with Crippen LogP contribution in [0, 0.1) is 6.92 Å². The zero-order chi connectivity index (χ0) is 20.3. The van der Waals surface area contributed by atoms with Gasteiger partial charge in [0.25, 0.3) is 0 Å². The van der Waals surface area contributed by atoms with Crippen LogP contribution in [0.25, 0.3) is 11.9 Å². The fraction of sp³-hybridized carbons (Fsp3) is 0.150. The molecular formula is C20H15BrF4N2O. The van der Waals surface area contributed by atoms with Crippen LogP contribution in [0.2, 0.25) is 0 Å². The highest BCUT2D eigenvalue weighted by Gasteiger charge is 2.30. The van der Waals surface area contributed by atoms with Gasteiger partial charge in [0.05, 0.1) is 6.54 Å². The third-order valence-electron chi connectivity index (χ3n) is 3.85. The average molecular weight is 455 g/mol. The van der Waals surface area contributed by atoms with Crippen LogP contribution in [0.3, 0.4) is 0 Å². The number of rotatable bonds is 5. The lowest BCUT2D eigenvalue weighted by atomic mass is 10.2. The van der Waals surface area contributed by atoms with Gasteiger partial charge in [0.2, 0.25) is 0 Å². The first kappa shape index (κ1) is 20.1. The smallest absolute Gasteiger partial charge is 0.406 e. The summed E-state index contributed by atoms with van der Waals surface area (Å²) in [6.45, 7) is 2.31. The molecule has 0 aliphatic rings. The quantitative estimate of drug-likeness (QED) is 0.418. The summed E-state index contributed by atoms with van der Waals surface area (Å²) >= 11 is 3.41. The number of hydrogen-bond donors (Lipinski definition) is 0. The molecule has 0 aliphatic carbocycles. The highest BCUT2D eigenvalue weighted by atomic mass is 79.9. The molecular weight excluding hydrogens is 440 g/mol. The van der Waals surface area contributed by atoms with Gasteiger partial charge in [-0.25, -0.2) is 4.39 Å². The van der Waals surface area contributed by atoms with Gasteiger partial charge in [0.1, 0.15) is 11.4 Å². The van der Waals surface area contributed by atoms with Crippen molar-refractivity contribution < 1.29 is 22.3 Å². The lowest BCUT2D eigenvalue weighted by molar-refractivity contribution is -0.274. The number of ether oxygens (including phenoxy) is 1. The zero-order valence-electron chi connectivity index (χ0n) is 14.7. The lowest BCUT2D eigenvalue weighted by Gasteiger charge is -2.08. The Morgan fingerprint density at radius 2 is 1.86 bits per heavy atom. The largest absolute Gasteiger partial charge is 0.573 e. The Morgan fingerprint density at radius 1 is 1.14 bits per heavy atom. The molecule has 1 aromatic heterocycles. The fourth-order valence-corrected chi connectivity index (χ4v) is 3.03. The molecule has 0 spiro atoms. The number of hydrogen-bond acceptors (Lipinski definition) is 2. The normalized spacial score (nSPS) is 12.3. The van der Waals surface area contributed by atoms with E-state index in [4.69, 9.17) is 0 Å². The molecule has 0 radical (unpaired) electrons. The number of nitrogens with zero attached hydrogens (tertiary/aromatic N) is 2. The van der Waals surface area contributed by atoms with Crippen LogP contribution in [-0.4, -0.2) is 16.1 Å². The van der Waals surface area contributed by atoms with E-state index in [0.29, 0.717) is 12.1 Å². The summed E-state index contributed by atoms with van der Waals surface area (Å²) in [6.07, 6.45) is -3.55. The minimum Gasteiger partial charge on any atom is -0.406 e. The van der Waals surface area contributed by atoms with Gasteiger partial charge in [-0.15, -0.1) is 13.2 Å². The monoisotopic (exact) mass is 454 g/mol. The number of aromatic nitrogens is 2. The molecule has 3 nitrogen and oxygen atoms in total. The van der Waals surface area contributed by atoms with E-state index < -0.39 is 12.2 Å². The van der Waals surface area contributed by atoms with Crippen molar-refractivity contribution >= 4 is 27.8 Å². The SMILES string of the molecule is Cc1cc(C(F)=Cc2ccc(OC(F)(F)F)cc2)nn1Cc1cccc(Br)c1. The van der Waals surface area contributed by atoms with E-state index in [1.165, 1.54) is 18.2 Å². The molecule has 8 heteroatoms. The van der Waals surface area contributed by atoms with Gasteiger partial charge in [0, 0.05) is 10.2 Å². The van der Waals surface area contributed by atoms with Crippen LogP contribution in [-0.2, 0) is 6.54 Å². The van der Waals surface area contributed by atoms with Crippen molar-refractivity contribution in [2.45, 2.75) is 19.8 Å². The maximum atomic E-state index is 14.6. The van der Waals surface area contributed by atoms with Crippen molar-refractivity contribution in [3.8, 4) is 5.75 Å². The van der Waals surface area contributed by atoms with Crippen molar-refractivity contribution in [1.82, 2.24) is 9.78 Å². The summed E-state index contributed by atoms with van der Waals surface area (Å²) in [4.78, 5) is 0. The number of halogens is 5. The van der Waals surface area contributed by atoms with Gasteiger partial charge in [-0.2, -0.15) is 5.10 Å². The van der Waals surface area contributed by atoms with Crippen LogP contribution in [0.1, 0.15) is 22.5 Å². The lowest BCUT2D eigenvalue weighted by Crippen LogP contribution is -2.16. The molecule has 0 saturated carbocycles. The first-order chi connectivity index (χ1) is 13.2. The molecule has 28 heavy (non-hydrogen) atoms. The van der Waals surface area contributed by atoms with Gasteiger partial charge in [0.15, 0.2) is 5.83 Å². The third kappa shape index (κ3) is 5.45. The second-order valence-electron chi connectivity index (χ2n) is 6.07. The first-order valence-electron chi connectivity index (χ1n) is 8.22. The topological polar surface area (TPSA) is 27.1 Å². The van der Waals surface area contributed by atoms with Crippen molar-refractivity contribution in [2.24, 2.45) is 0 Å². The molecule has 0 amide bonds. The number of aryl methyl sites for hydroxylation is 1. The Kier molecular flexibility index (Phi) is 5.88. The standard InChI is InChI=1S/C20H15BrF4N2O/c1-13-9-19(26-27(13)12-15-3-2-4-16(21)10-15)18(22)11-14-5-7-17(8-6-14)28-20(23,24)25/h2-11H,12H2,1H3. The molecule has 3 rings (SSSR count). The summed E-state index contributed by atoms with van der Waals surface area (Å²) < 4.78 is 57.5. The van der Waals surface area contributed by atoms with E-state index in [2.05, 4.69) is 25.8 Å². The van der Waals surface area contributed by atoms with Gasteiger partial charge >= 0.3 is 6.36 Å². The van der Waals surface area contributed by atoms with E-state index in [0.717, 1.165) is 27.9 Å². The van der Waals surface area contributed by atoms with E-state index in [-0.39, 0.29) is 11.4 Å². The molecule has 0 aliphatic heterocycles. The second-order valence-corrected chi connectivity index (χ2v) is 6.98. The van der Waals surface area contributed by atoms with Gasteiger partial charge in [-0.05, 0) is 54.5 Å². The van der Waals surface area contributed by atoms with Crippen LogP contribution in [0.5, 0.6) is 5.75 Å². The van der Waals surface area contributed by atoms with Crippen molar-refractivity contribution in [2.75, 3.05) is 0 Å². The van der Waals surface area contributed by atoms with Crippen LogP contribution in [0.4, 0.5) is 17.6 Å². The van der Waals surface area contributed by atoms with E-state index >= 15 is 0 Å². The average Bonchev–Trinajstić information content (AvgIpc) is 2.96. The Bertz CT molecular complexity index is 994. The summed E-state index contributed by atoms with van der Waals surface area (Å²) in [6, 6.07) is 14.3. The summed E-state index contributed by atoms with van der Waals surface area (Å²) in [5.41, 5.74) is 2.35. The minimum absolute atomic E-state index is 0.156. The fourth-order valence-electron chi connectivity index (χ4n) is 2.58. The molecule has 1 heterocycles. The summed E-state index contributed by atoms with van der Waals surface area (Å²) in [5, 5.41) is 4.28. The maximum absolute atomic E-state index is 14.6. The predicted octanol–water partition coefficient (Wildman–Crippen LogP) is 6.37. The van der Waals surface area contributed by atoms with Crippen LogP contribution in [0.15, 0.2) is 59.1 Å². The second kappa shape index (κ2) is 8.18. The van der Waals surface area contributed by atoms with E-state index in [9.17, 15) is 17.6 Å². The molecule has 0 atom stereocenters. The molecule has 0 unspecified atom stereocenters. The maximum Gasteiger partial charge on any atom is 0.573 e. The van der Waals surface area contributed by atoms with Gasteiger partial charge in [-0.3, -0.25) is 4.68 Å². The third-order valence-corrected chi connectivity index (χ3v) is 4.35. The molecule has 146 valence electrons. The zero-order valence-corrected chi connectivity index (χ0v) is 16.3. The summed E-state index contributed by atoms with van der Waals surface area (Å²) in [5.74, 6) is -0.945. The predicted molar refractivity (Wildman–Crippen MR) is 102 cm³/mol. The number of benzene rings is 2. The van der Waals surface area contributed by atoms with Crippen LogP contribution >= 0.6 is 15.9 Å². The van der Waals surface area contributed by atoms with E-state index in [1.54, 1.807) is 10.7 Å². The van der Waals surface area contributed by atoms with Crippen molar-refractivity contribution in [1.29, 1.82) is 0 Å². The van der Waals surface area contributed by atoms with Gasteiger partial charge in [-0.1, -0.05) is 40.2 Å². The molecule has 0 N–H and O–H groups in total. The molecule has 0 fully saturated rings. The van der Waals surface area contributed by atoms with Crippen molar-refractivity contribution in [3.05, 3.63) is 81.6 Å². The molecule has 0 saturated heterocycles. The first-order valence-corrected chi connectivity index (χ1v) is 9.01. The summed E-state index contributed by atoms with van der Waals surface area (Å²) in [7, 11) is 0. The molecule has 0 bridgehead atoms. The minimum atomic E-state index is -4.76. The van der Waals surface area contributed by atoms with Gasteiger partial charge < -0.3 is 4.74 Å². The van der Waals surface area contributed by atoms with E-state index in [1.807, 2.05) is 31.2 Å². The molecule has 2 aromatic carbocycles. The Hall–Kier alpha value is -2.61. The number of alkyl halides is 3. The van der Waals surface area contributed by atoms with Crippen molar-refractivity contribution in [3.63, 3.8) is 0 Å². The molecule has 3 aromatic rings. The Morgan fingerprint density at radius 3 is 2.50 bits per heavy atom. The van der Waals surface area contributed by atoms with Crippen LogP contribution < -0.4 is 4.74 Å². The Labute approximate surface area is 167 Å². The highest BCUT2D eigenvalue weighted by molar-refractivity contribution is 9.10.